The van der Waals surface area contributed by atoms with E-state index in [4.69, 9.17) is 5.73 Å². The van der Waals surface area contributed by atoms with E-state index in [0.29, 0.717) is 6.54 Å². The van der Waals surface area contributed by atoms with Gasteiger partial charge in [-0.2, -0.15) is 0 Å². The molecule has 0 aromatic rings. The van der Waals surface area contributed by atoms with Gasteiger partial charge in [0.2, 0.25) is 0 Å². The van der Waals surface area contributed by atoms with E-state index in [-0.39, 0.29) is 0 Å². The molecule has 0 aliphatic carbocycles. The van der Waals surface area contributed by atoms with Crippen molar-refractivity contribution < 1.29 is 0 Å². The van der Waals surface area contributed by atoms with Gasteiger partial charge in [-0.3, -0.25) is 0 Å². The normalized spacial score (nSPS) is 10.0. The number of nitrogens with two attached hydrogens (primary N) is 1. The van der Waals surface area contributed by atoms with Crippen molar-refractivity contribution in [2.45, 2.75) is 0 Å². The van der Waals surface area contributed by atoms with Crippen molar-refractivity contribution in [2.24, 2.45) is 5.73 Å². The fraction of sp³-hybridized carbons (Fsp3) is 0.833. The first kappa shape index (κ1) is 8.88. The molecule has 0 aromatic heterocycles. The SMILES string of the molecule is [CH2]CNCCNCCN. The standard InChI is InChI=1S/C6H16N3/c1-2-8-5-6-9-4-3-7/h8-9H,1-7H2. The Bertz CT molecular complexity index is 41.6. The van der Waals surface area contributed by atoms with Crippen LogP contribution >= 0.6 is 0 Å². The van der Waals surface area contributed by atoms with Crippen LogP contribution in [0.2, 0.25) is 0 Å². The molecule has 0 unspecified atom stereocenters. The number of nitrogens with one attached hydrogen (secondary N) is 2. The van der Waals surface area contributed by atoms with E-state index in [1.165, 1.54) is 0 Å². The quantitative estimate of drug-likeness (QED) is 0.402. The molecule has 0 spiro atoms. The molecule has 0 aliphatic heterocycles. The van der Waals surface area contributed by atoms with Crippen LogP contribution in [0.4, 0.5) is 0 Å². The molecule has 0 rings (SSSR count). The Morgan fingerprint density at radius 1 is 1.11 bits per heavy atom. The smallest absolute Gasteiger partial charge is 0.00772 e. The first-order valence-corrected chi connectivity index (χ1v) is 3.32. The summed E-state index contributed by atoms with van der Waals surface area (Å²) in [6.45, 7) is 8.00. The summed E-state index contributed by atoms with van der Waals surface area (Å²) < 4.78 is 0. The second-order valence-corrected chi connectivity index (χ2v) is 1.79. The molecule has 0 atom stereocenters. The van der Waals surface area contributed by atoms with Crippen LogP contribution in [0.3, 0.4) is 0 Å². The molecule has 0 bridgehead atoms. The first-order chi connectivity index (χ1) is 4.41. The third kappa shape index (κ3) is 7.88. The Morgan fingerprint density at radius 3 is 2.33 bits per heavy atom. The molecule has 0 aromatic carbocycles. The molecule has 0 amide bonds. The fourth-order valence-electron chi connectivity index (χ4n) is 0.529. The van der Waals surface area contributed by atoms with Gasteiger partial charge in [0.15, 0.2) is 0 Å². The van der Waals surface area contributed by atoms with Crippen molar-refractivity contribution in [3.05, 3.63) is 6.92 Å². The van der Waals surface area contributed by atoms with E-state index < -0.39 is 0 Å². The van der Waals surface area contributed by atoms with Gasteiger partial charge in [-0.25, -0.2) is 0 Å². The Kier molecular flexibility index (Phi) is 7.77. The summed E-state index contributed by atoms with van der Waals surface area (Å²) >= 11 is 0. The van der Waals surface area contributed by atoms with E-state index in [1.54, 1.807) is 0 Å². The van der Waals surface area contributed by atoms with Crippen molar-refractivity contribution in [3.63, 3.8) is 0 Å². The van der Waals surface area contributed by atoms with Crippen LogP contribution < -0.4 is 16.4 Å². The third-order valence-corrected chi connectivity index (χ3v) is 0.976. The molecule has 0 aliphatic rings. The van der Waals surface area contributed by atoms with E-state index >= 15 is 0 Å². The van der Waals surface area contributed by atoms with Crippen molar-refractivity contribution in [3.8, 4) is 0 Å². The van der Waals surface area contributed by atoms with Crippen LogP contribution in [0.15, 0.2) is 0 Å². The topological polar surface area (TPSA) is 50.1 Å². The monoisotopic (exact) mass is 130 g/mol. The maximum atomic E-state index is 5.25. The third-order valence-electron chi connectivity index (χ3n) is 0.976. The predicted octanol–water partition coefficient (Wildman–Crippen LogP) is -1.04. The van der Waals surface area contributed by atoms with Gasteiger partial charge < -0.3 is 16.4 Å². The molecule has 3 heteroatoms. The molecule has 0 fully saturated rings. The highest BCUT2D eigenvalue weighted by Crippen LogP contribution is 1.56. The number of hydrogen-bond donors (Lipinski definition) is 3. The van der Waals surface area contributed by atoms with E-state index in [0.717, 1.165) is 26.2 Å². The zero-order valence-corrected chi connectivity index (χ0v) is 5.82. The van der Waals surface area contributed by atoms with Crippen LogP contribution in [0.25, 0.3) is 0 Å². The molecular weight excluding hydrogens is 114 g/mol. The van der Waals surface area contributed by atoms with E-state index in [2.05, 4.69) is 17.6 Å². The lowest BCUT2D eigenvalue weighted by Gasteiger charge is -2.01. The summed E-state index contributed by atoms with van der Waals surface area (Å²) in [5.41, 5.74) is 5.25. The molecule has 9 heavy (non-hydrogen) atoms. The van der Waals surface area contributed by atoms with E-state index in [9.17, 15) is 0 Å². The lowest BCUT2D eigenvalue weighted by molar-refractivity contribution is 0.638. The van der Waals surface area contributed by atoms with Gasteiger partial charge >= 0.3 is 0 Å². The summed E-state index contributed by atoms with van der Waals surface area (Å²) in [5.74, 6) is 0. The Hall–Kier alpha value is -0.120. The fourth-order valence-corrected chi connectivity index (χ4v) is 0.529. The summed E-state index contributed by atoms with van der Waals surface area (Å²) in [5, 5.41) is 6.25. The summed E-state index contributed by atoms with van der Waals surface area (Å²) in [4.78, 5) is 0. The van der Waals surface area contributed by atoms with Crippen molar-refractivity contribution in [1.29, 1.82) is 0 Å². The maximum absolute atomic E-state index is 5.25. The number of hydrogen-bond acceptors (Lipinski definition) is 3. The van der Waals surface area contributed by atoms with Gasteiger partial charge in [0.25, 0.3) is 0 Å². The maximum Gasteiger partial charge on any atom is 0.00772 e. The lowest BCUT2D eigenvalue weighted by atomic mass is 10.5. The van der Waals surface area contributed by atoms with Crippen LogP contribution in [0.1, 0.15) is 0 Å². The molecular formula is C6H16N3. The summed E-state index contributed by atoms with van der Waals surface area (Å²) in [6.07, 6.45) is 0. The van der Waals surface area contributed by atoms with Crippen molar-refractivity contribution in [2.75, 3.05) is 32.7 Å². The van der Waals surface area contributed by atoms with E-state index in [1.807, 2.05) is 0 Å². The zero-order valence-electron chi connectivity index (χ0n) is 5.82. The van der Waals surface area contributed by atoms with Crippen LogP contribution in [-0.4, -0.2) is 32.7 Å². The zero-order chi connectivity index (χ0) is 6.95. The predicted molar refractivity (Wildman–Crippen MR) is 40.2 cm³/mol. The van der Waals surface area contributed by atoms with Crippen molar-refractivity contribution >= 4 is 0 Å². The minimum absolute atomic E-state index is 0.713. The van der Waals surface area contributed by atoms with Crippen molar-refractivity contribution in [1.82, 2.24) is 10.6 Å². The minimum Gasteiger partial charge on any atom is -0.329 e. The minimum atomic E-state index is 0.713. The Morgan fingerprint density at radius 2 is 1.78 bits per heavy atom. The largest absolute Gasteiger partial charge is 0.329 e. The molecule has 4 N–H and O–H groups in total. The summed E-state index contributed by atoms with van der Waals surface area (Å²) in [6, 6.07) is 0. The lowest BCUT2D eigenvalue weighted by Crippen LogP contribution is -2.30. The summed E-state index contributed by atoms with van der Waals surface area (Å²) in [7, 11) is 0. The average Bonchev–Trinajstić information content (AvgIpc) is 1.89. The molecule has 0 saturated carbocycles. The molecule has 0 saturated heterocycles. The molecule has 3 nitrogen and oxygen atoms in total. The Balaban J connectivity index is 2.60. The van der Waals surface area contributed by atoms with Gasteiger partial charge in [-0.15, -0.1) is 0 Å². The molecule has 0 heterocycles. The van der Waals surface area contributed by atoms with Crippen LogP contribution in [0, 0.1) is 6.92 Å². The van der Waals surface area contributed by atoms with Gasteiger partial charge in [0, 0.05) is 26.2 Å². The van der Waals surface area contributed by atoms with Gasteiger partial charge in [0.1, 0.15) is 0 Å². The van der Waals surface area contributed by atoms with Gasteiger partial charge in [-0.1, -0.05) is 0 Å². The van der Waals surface area contributed by atoms with Crippen LogP contribution in [-0.2, 0) is 0 Å². The van der Waals surface area contributed by atoms with Gasteiger partial charge in [-0.05, 0) is 13.5 Å². The second-order valence-electron chi connectivity index (χ2n) is 1.79. The average molecular weight is 130 g/mol. The highest BCUT2D eigenvalue weighted by Gasteiger charge is 1.81. The second kappa shape index (κ2) is 7.88. The first-order valence-electron chi connectivity index (χ1n) is 3.32. The highest BCUT2D eigenvalue weighted by atomic mass is 14.9. The number of rotatable bonds is 6. The molecule has 1 radical (unpaired) electrons. The molecule has 55 valence electrons. The van der Waals surface area contributed by atoms with Gasteiger partial charge in [0.05, 0.1) is 0 Å². The highest BCUT2D eigenvalue weighted by molar-refractivity contribution is 4.52. The van der Waals surface area contributed by atoms with Crippen LogP contribution in [0.5, 0.6) is 0 Å². The Labute approximate surface area is 57.0 Å².